The Hall–Kier alpha value is -7.08. The molecule has 1 fully saturated rings. The van der Waals surface area contributed by atoms with Crippen molar-refractivity contribution in [2.45, 2.75) is 116 Å². The summed E-state index contributed by atoms with van der Waals surface area (Å²) in [6.45, 7) is 11.2. The minimum atomic E-state index is -0.841. The van der Waals surface area contributed by atoms with Crippen molar-refractivity contribution in [2.24, 2.45) is 29.4 Å². The van der Waals surface area contributed by atoms with Gasteiger partial charge in [0.15, 0.2) is 11.6 Å². The van der Waals surface area contributed by atoms with Crippen molar-refractivity contribution in [1.29, 1.82) is 0 Å². The number of unbranched alkanes of at least 4 members (excludes halogenated alkanes) is 1. The maximum absolute atomic E-state index is 14.6. The van der Waals surface area contributed by atoms with Crippen molar-refractivity contribution in [3.63, 3.8) is 0 Å². The van der Waals surface area contributed by atoms with E-state index in [0.717, 1.165) is 51.1 Å². The molecule has 5 amide bonds. The fraction of sp³-hybridized carbons (Fsp3) is 0.484. The Balaban J connectivity index is 0.867. The number of carbonyl (C=O) groups excluding carboxylic acids is 9. The molecule has 18 heteroatoms. The monoisotopic (exact) mass is 1140 g/mol. The Morgan fingerprint density at radius 1 is 0.805 bits per heavy atom. The molecule has 2 unspecified atom stereocenters. The number of rotatable bonds is 27. The molecule has 4 aliphatic rings. The lowest BCUT2D eigenvalue weighted by Gasteiger charge is -2.31. The summed E-state index contributed by atoms with van der Waals surface area (Å²) in [5.41, 5.74) is 11.1. The van der Waals surface area contributed by atoms with Crippen molar-refractivity contribution in [1.82, 2.24) is 20.0 Å². The number of hydrogen-bond acceptors (Lipinski definition) is 13. The molecule has 17 nitrogen and oxygen atoms in total. The van der Waals surface area contributed by atoms with Crippen LogP contribution < -0.4 is 26.0 Å². The van der Waals surface area contributed by atoms with Crippen LogP contribution in [0.2, 0.25) is 0 Å². The molecular formula is C64H78ClN7O10. The zero-order chi connectivity index (χ0) is 58.8. The van der Waals surface area contributed by atoms with Gasteiger partial charge in [0.2, 0.25) is 11.8 Å². The number of alkyl halides is 1. The first-order valence-corrected chi connectivity index (χ1v) is 29.6. The number of amides is 5. The van der Waals surface area contributed by atoms with Gasteiger partial charge in [-0.1, -0.05) is 88.4 Å². The van der Waals surface area contributed by atoms with Crippen LogP contribution in [0.1, 0.15) is 118 Å². The van der Waals surface area contributed by atoms with Gasteiger partial charge in [-0.2, -0.15) is 0 Å². The van der Waals surface area contributed by atoms with E-state index in [0.29, 0.717) is 86.7 Å². The van der Waals surface area contributed by atoms with Gasteiger partial charge in [-0.05, 0) is 91.2 Å². The first kappa shape index (κ1) is 61.0. The molecule has 0 spiro atoms. The molecule has 4 aliphatic heterocycles. The number of ketones is 4. The third-order valence-electron chi connectivity index (χ3n) is 16.4. The van der Waals surface area contributed by atoms with Crippen LogP contribution in [0.4, 0.5) is 16.2 Å². The summed E-state index contributed by atoms with van der Waals surface area (Å²) in [5.74, 6) is -2.99. The SMILES string of the molecule is CC(C)C[C@H](CC(=O)C(CC(=O)CCCN1C(=O)C=CC1=O)C(C)C)C(=O)N[C@@H](CCCCN)C(=O)Cc1ccc(C(=O)Cc2ccc3c(c2)CC(C(=O)N2C[C@@H](CCl)c4c2cc(OC(=O)N2CCN(C)CC2)c2ccccc42)N3)cc1. The molecular weight excluding hydrogens is 1060 g/mol. The van der Waals surface area contributed by atoms with Gasteiger partial charge in [0.25, 0.3) is 11.8 Å². The van der Waals surface area contributed by atoms with E-state index in [2.05, 4.69) is 15.5 Å². The van der Waals surface area contributed by atoms with E-state index in [4.69, 9.17) is 22.1 Å². The number of hydrogen-bond donors (Lipinski definition) is 3. The summed E-state index contributed by atoms with van der Waals surface area (Å²) in [6, 6.07) is 20.8. The molecule has 0 radical (unpaired) electrons. The number of ether oxygens (including phenoxy) is 1. The van der Waals surface area contributed by atoms with E-state index in [1.165, 1.54) is 12.2 Å². The highest BCUT2D eigenvalue weighted by Crippen LogP contribution is 2.46. The van der Waals surface area contributed by atoms with Crippen molar-refractivity contribution >= 4 is 86.6 Å². The molecule has 1 saturated heterocycles. The number of fused-ring (bicyclic) bond motifs is 4. The summed E-state index contributed by atoms with van der Waals surface area (Å²) >= 11 is 6.60. The standard InChI is InChI=1S/C64H78ClN7O10/c1-39(2)29-45(34-56(75)50(40(3)4)35-47(73)11-10-24-71-59(77)21-22-60(71)78)62(79)68-52(14-8-9-23-66)57(76)31-41-15-18-43(19-16-41)55(74)32-42-17-20-51-44(30-42)33-53(67-51)63(80)72-38-46(37-65)61-49-13-7-6-12-48(49)58(36-54(61)72)82-64(81)70-27-25-69(5)26-28-70/h6-7,12-13,15-22,30,36,39-40,45-46,50,52-53,67H,8-11,14,23-29,31-35,37-38,66H2,1-5H3,(H,68,79)/t45-,46-,50?,52+,53?/m1/s1. The minimum absolute atomic E-state index is 0.000672. The van der Waals surface area contributed by atoms with E-state index >= 15 is 0 Å². The number of piperazine rings is 1. The zero-order valence-electron chi connectivity index (χ0n) is 47.9. The molecule has 0 aliphatic carbocycles. The molecule has 82 heavy (non-hydrogen) atoms. The molecule has 4 N–H and O–H groups in total. The van der Waals surface area contributed by atoms with Gasteiger partial charge in [0.1, 0.15) is 23.4 Å². The van der Waals surface area contributed by atoms with E-state index in [-0.39, 0.29) is 91.9 Å². The minimum Gasteiger partial charge on any atom is -0.409 e. The van der Waals surface area contributed by atoms with Gasteiger partial charge in [0.05, 0.1) is 11.7 Å². The molecule has 8 rings (SSSR count). The van der Waals surface area contributed by atoms with Crippen molar-refractivity contribution < 1.29 is 47.9 Å². The maximum atomic E-state index is 14.6. The average molecular weight is 1140 g/mol. The Morgan fingerprint density at radius 3 is 2.17 bits per heavy atom. The highest BCUT2D eigenvalue weighted by atomic mass is 35.5. The normalized spacial score (nSPS) is 17.9. The maximum Gasteiger partial charge on any atom is 0.415 e. The van der Waals surface area contributed by atoms with Crippen molar-refractivity contribution in [3.8, 4) is 5.75 Å². The summed E-state index contributed by atoms with van der Waals surface area (Å²) in [7, 11) is 2.02. The molecule has 0 bridgehead atoms. The van der Waals surface area contributed by atoms with Crippen LogP contribution in [0.15, 0.2) is 84.9 Å². The van der Waals surface area contributed by atoms with Crippen LogP contribution in [0.25, 0.3) is 10.8 Å². The largest absolute Gasteiger partial charge is 0.415 e. The number of anilines is 2. The lowest BCUT2D eigenvalue weighted by Crippen LogP contribution is -2.48. The number of nitrogens with zero attached hydrogens (tertiary/aromatic N) is 4. The molecule has 436 valence electrons. The zero-order valence-corrected chi connectivity index (χ0v) is 48.6. The summed E-state index contributed by atoms with van der Waals surface area (Å²) in [6.07, 6.45) is 4.76. The molecule has 4 heterocycles. The number of benzene rings is 4. The predicted octanol–water partition coefficient (Wildman–Crippen LogP) is 8.00. The van der Waals surface area contributed by atoms with Crippen LogP contribution in [0, 0.1) is 23.7 Å². The summed E-state index contributed by atoms with van der Waals surface area (Å²) < 4.78 is 6.09. The van der Waals surface area contributed by atoms with Crippen LogP contribution in [0.3, 0.4) is 0 Å². The number of nitrogens with two attached hydrogens (primary N) is 1. The predicted molar refractivity (Wildman–Crippen MR) is 316 cm³/mol. The Labute approximate surface area is 485 Å². The van der Waals surface area contributed by atoms with Crippen LogP contribution in [-0.2, 0) is 52.8 Å². The highest BCUT2D eigenvalue weighted by Gasteiger charge is 2.40. The Morgan fingerprint density at radius 2 is 1.50 bits per heavy atom. The van der Waals surface area contributed by atoms with Crippen LogP contribution in [0.5, 0.6) is 5.75 Å². The third kappa shape index (κ3) is 14.9. The topological polar surface area (TPSA) is 226 Å². The van der Waals surface area contributed by atoms with Gasteiger partial charge in [0, 0.05) is 136 Å². The van der Waals surface area contributed by atoms with Crippen molar-refractivity contribution in [3.05, 3.63) is 113 Å². The molecule has 0 saturated carbocycles. The number of likely N-dealkylation sites (N-methyl/N-ethyl adjacent to an activating group) is 1. The van der Waals surface area contributed by atoms with Gasteiger partial charge < -0.3 is 35.8 Å². The quantitative estimate of drug-likeness (QED) is 0.0223. The molecule has 4 aromatic rings. The Kier molecular flexibility index (Phi) is 20.7. The second-order valence-electron chi connectivity index (χ2n) is 23.3. The number of carbonyl (C=O) groups is 9. The number of Topliss-reactive ketones (excluding diaryl/α,β-unsaturated/α-hetero) is 4. The Bertz CT molecular complexity index is 3080. The number of nitrogens with one attached hydrogen (secondary N) is 2. The molecule has 5 atom stereocenters. The first-order chi connectivity index (χ1) is 39.3. The van der Waals surface area contributed by atoms with Gasteiger partial charge in [-0.25, -0.2) is 4.79 Å². The lowest BCUT2D eigenvalue weighted by atomic mass is 9.81. The van der Waals surface area contributed by atoms with E-state index in [1.807, 2.05) is 77.2 Å². The fourth-order valence-electron chi connectivity index (χ4n) is 11.8. The fourth-order valence-corrected chi connectivity index (χ4v) is 12.0. The average Bonchev–Trinajstić information content (AvgIpc) is 4.27. The van der Waals surface area contributed by atoms with Crippen LogP contribution in [-0.4, -0.2) is 138 Å². The lowest BCUT2D eigenvalue weighted by molar-refractivity contribution is -0.137. The molecule has 4 aromatic carbocycles. The molecule has 0 aromatic heterocycles. The number of halogens is 1. The smallest absolute Gasteiger partial charge is 0.409 e. The summed E-state index contributed by atoms with van der Waals surface area (Å²) in [5, 5.41) is 8.07. The highest BCUT2D eigenvalue weighted by molar-refractivity contribution is 6.19. The second kappa shape index (κ2) is 27.8. The first-order valence-electron chi connectivity index (χ1n) is 29.0. The summed E-state index contributed by atoms with van der Waals surface area (Å²) in [4.78, 5) is 128. The van der Waals surface area contributed by atoms with E-state index < -0.39 is 47.7 Å². The van der Waals surface area contributed by atoms with Gasteiger partial charge >= 0.3 is 6.09 Å². The van der Waals surface area contributed by atoms with E-state index in [9.17, 15) is 43.2 Å². The third-order valence-corrected chi connectivity index (χ3v) is 16.8. The van der Waals surface area contributed by atoms with Crippen LogP contribution >= 0.6 is 11.6 Å². The van der Waals surface area contributed by atoms with E-state index in [1.54, 1.807) is 40.1 Å². The van der Waals surface area contributed by atoms with Gasteiger partial charge in [-0.15, -0.1) is 11.6 Å². The second-order valence-corrected chi connectivity index (χ2v) is 23.7. The van der Waals surface area contributed by atoms with Gasteiger partial charge in [-0.3, -0.25) is 43.3 Å². The van der Waals surface area contributed by atoms with Crippen molar-refractivity contribution in [2.75, 3.05) is 69.0 Å². The number of imide groups is 1.